The van der Waals surface area contributed by atoms with E-state index in [-0.39, 0.29) is 22.3 Å². The van der Waals surface area contributed by atoms with E-state index in [2.05, 4.69) is 25.3 Å². The number of thioether (sulfide) groups is 1. The second-order valence-corrected chi connectivity index (χ2v) is 9.66. The van der Waals surface area contributed by atoms with Crippen molar-refractivity contribution in [3.05, 3.63) is 44.5 Å². The molecule has 0 aliphatic carbocycles. The fourth-order valence-electron chi connectivity index (χ4n) is 3.27. The number of thiazole rings is 2. The second kappa shape index (κ2) is 9.33. The van der Waals surface area contributed by atoms with Gasteiger partial charge in [0.25, 0.3) is 11.8 Å². The van der Waals surface area contributed by atoms with E-state index in [9.17, 15) is 19.5 Å². The summed E-state index contributed by atoms with van der Waals surface area (Å²) in [5.74, 6) is -2.55. The van der Waals surface area contributed by atoms with Crippen LogP contribution in [-0.2, 0) is 19.2 Å². The summed E-state index contributed by atoms with van der Waals surface area (Å²) in [6, 6.07) is -1.07. The normalized spacial score (nSPS) is 22.3. The first-order valence-corrected chi connectivity index (χ1v) is 12.0. The van der Waals surface area contributed by atoms with Crippen LogP contribution in [0.4, 0.5) is 5.13 Å². The van der Waals surface area contributed by atoms with Crippen molar-refractivity contribution in [3.8, 4) is 0 Å². The molecule has 0 aromatic carbocycles. The molecule has 1 fully saturated rings. The topological polar surface area (TPSA) is 160 Å². The number of fused-ring (bicyclic) bond motifs is 1. The van der Waals surface area contributed by atoms with E-state index in [1.165, 1.54) is 28.5 Å². The standard InChI is InChI=1S/C19H18N6O5S3/c1-8-11(33-7-21-8)4-3-9-5-31-17-13(16(27)25(17)14(9)18(28)29)23-15(26)12(24-30-2)10-6-32-19(20)22-10/h3-4,6-7,13,17H,5H2,1-2H3,(H2,20,22)(H,23,26)(H,28,29)/b4-3-,24-12-/t13-,17-/m1/s1/i2D3. The zero-order valence-corrected chi connectivity index (χ0v) is 19.3. The van der Waals surface area contributed by atoms with Gasteiger partial charge in [-0.3, -0.25) is 14.5 Å². The molecule has 2 aliphatic rings. The molecule has 2 aromatic heterocycles. The van der Waals surface area contributed by atoms with E-state index >= 15 is 0 Å². The molecular formula is C19H18N6O5S3. The van der Waals surface area contributed by atoms with E-state index in [0.29, 0.717) is 5.57 Å². The number of aliphatic carboxylic acids is 1. The molecule has 172 valence electrons. The van der Waals surface area contributed by atoms with E-state index < -0.39 is 41.9 Å². The number of β-lactam (4-membered cyclic amide) rings is 1. The van der Waals surface area contributed by atoms with Gasteiger partial charge in [-0.2, -0.15) is 0 Å². The smallest absolute Gasteiger partial charge is 0.352 e. The van der Waals surface area contributed by atoms with Crippen LogP contribution in [0.5, 0.6) is 0 Å². The number of aromatic nitrogens is 2. The molecular weight excluding hydrogens is 488 g/mol. The largest absolute Gasteiger partial charge is 0.477 e. The molecule has 0 bridgehead atoms. The molecule has 1 saturated heterocycles. The van der Waals surface area contributed by atoms with Crippen molar-refractivity contribution in [3.63, 3.8) is 0 Å². The lowest BCUT2D eigenvalue weighted by Gasteiger charge is -2.49. The lowest BCUT2D eigenvalue weighted by molar-refractivity contribution is -0.150. The summed E-state index contributed by atoms with van der Waals surface area (Å²) in [6.45, 7) is 1.83. The predicted octanol–water partition coefficient (Wildman–Crippen LogP) is 1.29. The van der Waals surface area contributed by atoms with Crippen LogP contribution in [0.2, 0.25) is 0 Å². The number of allylic oxidation sites excluding steroid dienone is 1. The molecule has 0 spiro atoms. The van der Waals surface area contributed by atoms with Crippen molar-refractivity contribution in [2.45, 2.75) is 18.3 Å². The number of carboxylic acid groups (broad SMARTS) is 1. The number of carbonyl (C=O) groups excluding carboxylic acids is 2. The van der Waals surface area contributed by atoms with Crippen molar-refractivity contribution in [2.24, 2.45) is 5.16 Å². The van der Waals surface area contributed by atoms with Gasteiger partial charge in [0.2, 0.25) is 0 Å². The van der Waals surface area contributed by atoms with Crippen LogP contribution < -0.4 is 11.1 Å². The van der Waals surface area contributed by atoms with Crippen LogP contribution in [0.3, 0.4) is 0 Å². The van der Waals surface area contributed by atoms with Gasteiger partial charge in [0.15, 0.2) is 10.8 Å². The third kappa shape index (κ3) is 4.36. The first-order valence-electron chi connectivity index (χ1n) is 10.7. The number of amides is 2. The highest BCUT2D eigenvalue weighted by molar-refractivity contribution is 8.00. The van der Waals surface area contributed by atoms with E-state index in [1.54, 1.807) is 17.7 Å². The Bertz CT molecular complexity index is 1320. The molecule has 4 heterocycles. The van der Waals surface area contributed by atoms with Gasteiger partial charge >= 0.3 is 5.97 Å². The summed E-state index contributed by atoms with van der Waals surface area (Å²) in [6.07, 6.45) is 3.40. The molecule has 14 heteroatoms. The van der Waals surface area contributed by atoms with Crippen LogP contribution in [0.1, 0.15) is 20.4 Å². The fourth-order valence-corrected chi connectivity index (χ4v) is 5.84. The van der Waals surface area contributed by atoms with Crippen LogP contribution in [0.25, 0.3) is 6.08 Å². The van der Waals surface area contributed by atoms with Crippen molar-refractivity contribution < 1.29 is 28.4 Å². The number of carboxylic acids is 1. The molecule has 2 amide bonds. The Labute approximate surface area is 204 Å². The Hall–Kier alpha value is -3.23. The van der Waals surface area contributed by atoms with Crippen molar-refractivity contribution in [1.29, 1.82) is 0 Å². The molecule has 0 radical (unpaired) electrons. The monoisotopic (exact) mass is 509 g/mol. The van der Waals surface area contributed by atoms with Crippen LogP contribution in [0, 0.1) is 6.92 Å². The number of nitrogens with one attached hydrogen (secondary N) is 1. The number of nitrogens with zero attached hydrogens (tertiary/aromatic N) is 4. The van der Waals surface area contributed by atoms with Crippen LogP contribution >= 0.6 is 34.4 Å². The highest BCUT2D eigenvalue weighted by atomic mass is 32.2. The van der Waals surface area contributed by atoms with Crippen LogP contribution in [-0.4, -0.2) is 67.7 Å². The maximum absolute atomic E-state index is 12.9. The summed E-state index contributed by atoms with van der Waals surface area (Å²) in [5, 5.41) is 16.5. The molecule has 2 atom stereocenters. The Morgan fingerprint density at radius 1 is 1.45 bits per heavy atom. The fraction of sp³-hybridized carbons (Fsp3) is 0.263. The van der Waals surface area contributed by atoms with E-state index in [1.807, 2.05) is 6.92 Å². The van der Waals surface area contributed by atoms with Crippen molar-refractivity contribution in [1.82, 2.24) is 20.2 Å². The number of hydrogen-bond donors (Lipinski definition) is 3. The van der Waals surface area contributed by atoms with Crippen molar-refractivity contribution in [2.75, 3.05) is 18.5 Å². The van der Waals surface area contributed by atoms with Crippen molar-refractivity contribution >= 4 is 69.1 Å². The first kappa shape index (κ1) is 19.3. The van der Waals surface area contributed by atoms with Gasteiger partial charge in [0.1, 0.15) is 29.8 Å². The predicted molar refractivity (Wildman–Crippen MR) is 126 cm³/mol. The number of carbonyl (C=O) groups is 3. The molecule has 0 saturated carbocycles. The Morgan fingerprint density at radius 3 is 2.91 bits per heavy atom. The lowest BCUT2D eigenvalue weighted by Crippen LogP contribution is -2.71. The van der Waals surface area contributed by atoms with Gasteiger partial charge in [-0.25, -0.2) is 14.8 Å². The third-order valence-electron chi connectivity index (χ3n) is 4.82. The van der Waals surface area contributed by atoms with Crippen LogP contribution in [0.15, 0.2) is 33.4 Å². The lowest BCUT2D eigenvalue weighted by atomic mass is 10.0. The number of anilines is 1. The Balaban J connectivity index is 1.55. The summed E-state index contributed by atoms with van der Waals surface area (Å²) < 4.78 is 21.4. The molecule has 0 unspecified atom stereocenters. The Kier molecular flexibility index (Phi) is 5.44. The molecule has 33 heavy (non-hydrogen) atoms. The maximum atomic E-state index is 12.9. The minimum absolute atomic E-state index is 0.0314. The first-order chi connectivity index (χ1) is 17.0. The molecule has 2 aromatic rings. The minimum atomic E-state index is -2.92. The van der Waals surface area contributed by atoms with E-state index in [0.717, 1.165) is 26.8 Å². The molecule has 2 aliphatic heterocycles. The molecule has 4 rings (SSSR count). The number of nitrogens with two attached hydrogens (primary N) is 1. The number of oxime groups is 1. The van der Waals surface area contributed by atoms with Gasteiger partial charge in [0, 0.05) is 16.0 Å². The second-order valence-electron chi connectivity index (χ2n) is 6.78. The van der Waals surface area contributed by atoms with E-state index in [4.69, 9.17) is 9.85 Å². The summed E-state index contributed by atoms with van der Waals surface area (Å²) in [7, 11) is -2.92. The minimum Gasteiger partial charge on any atom is -0.477 e. The highest BCUT2D eigenvalue weighted by Gasteiger charge is 2.54. The van der Waals surface area contributed by atoms with Gasteiger partial charge in [-0.1, -0.05) is 11.2 Å². The zero-order valence-electron chi connectivity index (χ0n) is 19.8. The number of hydrogen-bond acceptors (Lipinski definition) is 11. The van der Waals surface area contributed by atoms with Gasteiger partial charge in [0.05, 0.1) is 15.3 Å². The maximum Gasteiger partial charge on any atom is 0.352 e. The average Bonchev–Trinajstić information content (AvgIpc) is 3.42. The number of rotatable bonds is 7. The third-order valence-corrected chi connectivity index (χ3v) is 7.69. The summed E-state index contributed by atoms with van der Waals surface area (Å²) >= 11 is 3.68. The SMILES string of the molecule is [2H]C([2H])([2H])O/N=C(\C(=O)N[C@@H]1C(=O)N2C(C(=O)O)=C(/C=C\c3scnc3C)CS[C@H]12)c1csc(N)n1. The zero-order chi connectivity index (χ0) is 26.2. The summed E-state index contributed by atoms with van der Waals surface area (Å²) in [4.78, 5) is 52.4. The van der Waals surface area contributed by atoms with Gasteiger partial charge in [-0.15, -0.1) is 34.4 Å². The average molecular weight is 510 g/mol. The van der Waals surface area contributed by atoms with Gasteiger partial charge < -0.3 is 21.0 Å². The summed E-state index contributed by atoms with van der Waals surface area (Å²) in [5.41, 5.74) is 7.85. The molecule has 11 nitrogen and oxygen atoms in total. The quantitative estimate of drug-likeness (QED) is 0.284. The van der Waals surface area contributed by atoms with Gasteiger partial charge in [-0.05, 0) is 18.6 Å². The highest BCUT2D eigenvalue weighted by Crippen LogP contribution is 2.41. The Morgan fingerprint density at radius 2 is 2.27 bits per heavy atom. The number of aryl methyl sites for hydroxylation is 1. The number of nitrogen functional groups attached to an aromatic ring is 1. The molecule has 4 N–H and O–H groups in total.